The highest BCUT2D eigenvalue weighted by atomic mass is 16.5. The van der Waals surface area contributed by atoms with Gasteiger partial charge in [-0.15, -0.1) is 0 Å². The largest absolute Gasteiger partial charge is 0.491 e. The summed E-state index contributed by atoms with van der Waals surface area (Å²) in [6, 6.07) is 6.96. The van der Waals surface area contributed by atoms with Gasteiger partial charge in [-0.25, -0.2) is 0 Å². The van der Waals surface area contributed by atoms with Gasteiger partial charge in [-0.05, 0) is 58.9 Å². The third kappa shape index (κ3) is 4.56. The number of carbonyl (C=O) groups excluding carboxylic acids is 1. The zero-order valence-electron chi connectivity index (χ0n) is 12.2. The summed E-state index contributed by atoms with van der Waals surface area (Å²) in [7, 11) is 0. The molecular weight excluding hydrogens is 242 g/mol. The Kier molecular flexibility index (Phi) is 4.95. The Hall–Kier alpha value is -1.55. The normalized spacial score (nSPS) is 13.2. The zero-order chi connectivity index (χ0) is 14.6. The van der Waals surface area contributed by atoms with Crippen molar-refractivity contribution in [1.29, 1.82) is 0 Å². The number of hydrogen-bond donors (Lipinski definition) is 2. The fraction of sp³-hybridized carbons (Fsp3) is 0.533. The number of amides is 1. The Labute approximate surface area is 114 Å². The van der Waals surface area contributed by atoms with Crippen molar-refractivity contribution >= 4 is 5.91 Å². The van der Waals surface area contributed by atoms with E-state index in [0.29, 0.717) is 5.56 Å². The lowest BCUT2D eigenvalue weighted by Crippen LogP contribution is -2.50. The molecule has 1 aromatic rings. The van der Waals surface area contributed by atoms with E-state index in [1.54, 1.807) is 45.0 Å². The van der Waals surface area contributed by atoms with E-state index in [0.717, 1.165) is 5.75 Å². The molecule has 0 aliphatic rings. The predicted octanol–water partition coefficient (Wildman–Crippen LogP) is 2.36. The van der Waals surface area contributed by atoms with Crippen LogP contribution in [-0.2, 0) is 0 Å². The second kappa shape index (κ2) is 6.06. The van der Waals surface area contributed by atoms with E-state index >= 15 is 0 Å². The molecule has 0 heterocycles. The summed E-state index contributed by atoms with van der Waals surface area (Å²) in [4.78, 5) is 12.0. The van der Waals surface area contributed by atoms with Crippen molar-refractivity contribution in [3.63, 3.8) is 0 Å². The van der Waals surface area contributed by atoms with E-state index in [4.69, 9.17) is 4.74 Å². The first-order chi connectivity index (χ1) is 8.72. The lowest BCUT2D eigenvalue weighted by atomic mass is 9.98. The molecule has 106 valence electrons. The molecule has 4 nitrogen and oxygen atoms in total. The van der Waals surface area contributed by atoms with E-state index in [1.807, 2.05) is 13.8 Å². The number of aliphatic hydroxyl groups excluding tert-OH is 1. The molecule has 0 aromatic heterocycles. The highest BCUT2D eigenvalue weighted by molar-refractivity contribution is 5.94. The van der Waals surface area contributed by atoms with Crippen molar-refractivity contribution in [3.8, 4) is 5.75 Å². The van der Waals surface area contributed by atoms with Gasteiger partial charge in [0.2, 0.25) is 0 Å². The summed E-state index contributed by atoms with van der Waals surface area (Å²) in [6.07, 6.45) is -0.520. The summed E-state index contributed by atoms with van der Waals surface area (Å²) < 4.78 is 5.52. The Morgan fingerprint density at radius 1 is 1.21 bits per heavy atom. The second-order valence-corrected chi connectivity index (χ2v) is 5.54. The molecule has 0 spiro atoms. The van der Waals surface area contributed by atoms with Crippen LogP contribution >= 0.6 is 0 Å². The highest BCUT2D eigenvalue weighted by Crippen LogP contribution is 2.15. The van der Waals surface area contributed by atoms with E-state index in [-0.39, 0.29) is 12.0 Å². The molecule has 1 unspecified atom stereocenters. The van der Waals surface area contributed by atoms with Crippen molar-refractivity contribution in [3.05, 3.63) is 29.8 Å². The van der Waals surface area contributed by atoms with Crippen LogP contribution in [0.5, 0.6) is 5.75 Å². The smallest absolute Gasteiger partial charge is 0.251 e. The Morgan fingerprint density at radius 2 is 1.74 bits per heavy atom. The van der Waals surface area contributed by atoms with Gasteiger partial charge in [-0.1, -0.05) is 0 Å². The van der Waals surface area contributed by atoms with Crippen LogP contribution < -0.4 is 10.1 Å². The Morgan fingerprint density at radius 3 is 2.16 bits per heavy atom. The maximum atomic E-state index is 12.0. The molecule has 1 amide bonds. The van der Waals surface area contributed by atoms with Crippen LogP contribution in [0.2, 0.25) is 0 Å². The molecule has 19 heavy (non-hydrogen) atoms. The SMILES string of the molecule is CC(C)Oc1ccc(C(=O)NC(C)(C)C(C)O)cc1. The number of benzene rings is 1. The monoisotopic (exact) mass is 265 g/mol. The molecule has 4 heteroatoms. The van der Waals surface area contributed by atoms with Gasteiger partial charge < -0.3 is 15.2 Å². The van der Waals surface area contributed by atoms with Gasteiger partial charge >= 0.3 is 0 Å². The molecule has 1 rings (SSSR count). The zero-order valence-corrected chi connectivity index (χ0v) is 12.2. The first-order valence-electron chi connectivity index (χ1n) is 6.49. The van der Waals surface area contributed by atoms with E-state index < -0.39 is 11.6 Å². The molecular formula is C15H23NO3. The molecule has 0 saturated carbocycles. The van der Waals surface area contributed by atoms with Crippen LogP contribution in [0.25, 0.3) is 0 Å². The minimum atomic E-state index is -0.663. The van der Waals surface area contributed by atoms with Gasteiger partial charge in [-0.3, -0.25) is 4.79 Å². The summed E-state index contributed by atoms with van der Waals surface area (Å²) >= 11 is 0. The third-order valence-electron chi connectivity index (χ3n) is 2.97. The first-order valence-corrected chi connectivity index (χ1v) is 6.49. The molecule has 1 aromatic carbocycles. The number of rotatable bonds is 5. The molecule has 2 N–H and O–H groups in total. The predicted molar refractivity (Wildman–Crippen MR) is 75.4 cm³/mol. The third-order valence-corrected chi connectivity index (χ3v) is 2.97. The van der Waals surface area contributed by atoms with Crippen LogP contribution in [0.3, 0.4) is 0 Å². The summed E-state index contributed by atoms with van der Waals surface area (Å²) in [5, 5.41) is 12.4. The van der Waals surface area contributed by atoms with Gasteiger partial charge in [0.25, 0.3) is 5.91 Å². The molecule has 1 atom stereocenters. The fourth-order valence-corrected chi connectivity index (χ4v) is 1.43. The van der Waals surface area contributed by atoms with Crippen LogP contribution in [0.4, 0.5) is 0 Å². The van der Waals surface area contributed by atoms with Crippen molar-refractivity contribution in [2.45, 2.75) is 52.4 Å². The van der Waals surface area contributed by atoms with E-state index in [1.165, 1.54) is 0 Å². The number of hydrogen-bond acceptors (Lipinski definition) is 3. The fourth-order valence-electron chi connectivity index (χ4n) is 1.43. The quantitative estimate of drug-likeness (QED) is 0.859. The average molecular weight is 265 g/mol. The Bertz CT molecular complexity index is 422. The van der Waals surface area contributed by atoms with Crippen LogP contribution in [0, 0.1) is 0 Å². The van der Waals surface area contributed by atoms with Gasteiger partial charge in [0.05, 0.1) is 17.7 Å². The van der Waals surface area contributed by atoms with Crippen LogP contribution in [0.15, 0.2) is 24.3 Å². The van der Waals surface area contributed by atoms with E-state index in [9.17, 15) is 9.90 Å². The Balaban J connectivity index is 2.73. The van der Waals surface area contributed by atoms with Gasteiger partial charge in [-0.2, -0.15) is 0 Å². The molecule has 0 saturated heterocycles. The summed E-state index contributed by atoms with van der Waals surface area (Å²) in [5.41, 5.74) is -0.116. The van der Waals surface area contributed by atoms with Gasteiger partial charge in [0.1, 0.15) is 5.75 Å². The van der Waals surface area contributed by atoms with Gasteiger partial charge in [0.15, 0.2) is 0 Å². The molecule has 0 bridgehead atoms. The van der Waals surface area contributed by atoms with Gasteiger partial charge in [0, 0.05) is 5.56 Å². The average Bonchev–Trinajstić information content (AvgIpc) is 2.28. The van der Waals surface area contributed by atoms with E-state index in [2.05, 4.69) is 5.32 Å². The van der Waals surface area contributed by atoms with Crippen molar-refractivity contribution in [1.82, 2.24) is 5.32 Å². The number of aliphatic hydroxyl groups is 1. The number of nitrogens with one attached hydrogen (secondary N) is 1. The maximum Gasteiger partial charge on any atom is 0.251 e. The number of ether oxygens (including phenoxy) is 1. The molecule has 0 aliphatic heterocycles. The summed E-state index contributed by atoms with van der Waals surface area (Å²) in [6.45, 7) is 9.12. The van der Waals surface area contributed by atoms with Crippen molar-refractivity contribution in [2.75, 3.05) is 0 Å². The summed E-state index contributed by atoms with van der Waals surface area (Å²) in [5.74, 6) is 0.531. The van der Waals surface area contributed by atoms with Crippen molar-refractivity contribution in [2.24, 2.45) is 0 Å². The molecule has 0 radical (unpaired) electrons. The van der Waals surface area contributed by atoms with Crippen LogP contribution in [-0.4, -0.2) is 28.8 Å². The maximum absolute atomic E-state index is 12.0. The molecule has 0 aliphatic carbocycles. The van der Waals surface area contributed by atoms with Crippen LogP contribution in [0.1, 0.15) is 45.0 Å². The lowest BCUT2D eigenvalue weighted by Gasteiger charge is -2.29. The minimum absolute atomic E-state index is 0.105. The number of carbonyl (C=O) groups is 1. The topological polar surface area (TPSA) is 58.6 Å². The minimum Gasteiger partial charge on any atom is -0.491 e. The lowest BCUT2D eigenvalue weighted by molar-refractivity contribution is 0.0709. The second-order valence-electron chi connectivity index (χ2n) is 5.54. The first kappa shape index (κ1) is 15.5. The van der Waals surface area contributed by atoms with Crippen molar-refractivity contribution < 1.29 is 14.6 Å². The highest BCUT2D eigenvalue weighted by Gasteiger charge is 2.26. The molecule has 0 fully saturated rings. The standard InChI is InChI=1S/C15H23NO3/c1-10(2)19-13-8-6-12(7-9-13)14(18)16-15(4,5)11(3)17/h6-11,17H,1-5H3,(H,16,18).